The number of hydrogen-bond donors (Lipinski definition) is 3. The van der Waals surface area contributed by atoms with E-state index in [1.54, 1.807) is 0 Å². The fourth-order valence-corrected chi connectivity index (χ4v) is 8.60. The smallest absolute Gasteiger partial charge is 0.302 e. The summed E-state index contributed by atoms with van der Waals surface area (Å²) >= 11 is 0. The van der Waals surface area contributed by atoms with Gasteiger partial charge in [0.2, 0.25) is 0 Å². The van der Waals surface area contributed by atoms with Gasteiger partial charge < -0.3 is 24.8 Å². The molecule has 0 amide bonds. The second-order valence-corrected chi connectivity index (χ2v) is 10.9. The summed E-state index contributed by atoms with van der Waals surface area (Å²) in [4.78, 5) is 11.5. The number of esters is 1. The third-order valence-electron chi connectivity index (χ3n) is 9.97. The molecule has 5 rings (SSSR count). The van der Waals surface area contributed by atoms with Crippen molar-refractivity contribution in [2.45, 2.75) is 83.2 Å². The van der Waals surface area contributed by atoms with Crippen LogP contribution in [0.2, 0.25) is 0 Å². The molecular weight excluding hydrogens is 360 g/mol. The van der Waals surface area contributed by atoms with Gasteiger partial charge in [0.25, 0.3) is 0 Å². The molecule has 0 aromatic carbocycles. The number of epoxide rings is 1. The Bertz CT molecular complexity index is 697. The molecule has 4 saturated carbocycles. The van der Waals surface area contributed by atoms with Gasteiger partial charge >= 0.3 is 5.97 Å². The Hall–Kier alpha value is -0.690. The SMILES string of the molecule is CC(=O)OC[C@@]1(C)[C@@H]2C[C@@H](O)[C@]34C[C@H](CC[C@@H]3[C@@]2(C)CC[C@@H]1O)[C@@]1(CO)O[C@H]14. The Morgan fingerprint density at radius 3 is 2.57 bits per heavy atom. The normalized spacial score (nSPS) is 59.1. The maximum absolute atomic E-state index is 11.5. The first kappa shape index (κ1) is 19.3. The van der Waals surface area contributed by atoms with Crippen LogP contribution in [-0.2, 0) is 14.3 Å². The zero-order valence-electron chi connectivity index (χ0n) is 17.2. The van der Waals surface area contributed by atoms with E-state index in [0.29, 0.717) is 24.7 Å². The average Bonchev–Trinajstić information content (AvgIpc) is 3.38. The van der Waals surface area contributed by atoms with Gasteiger partial charge in [0.15, 0.2) is 0 Å². The molecule has 3 N–H and O–H groups in total. The van der Waals surface area contributed by atoms with Gasteiger partial charge in [-0.1, -0.05) is 13.8 Å². The Labute approximate surface area is 166 Å². The zero-order valence-corrected chi connectivity index (χ0v) is 17.2. The first-order chi connectivity index (χ1) is 13.1. The Morgan fingerprint density at radius 1 is 1.14 bits per heavy atom. The lowest BCUT2D eigenvalue weighted by atomic mass is 9.39. The number of aliphatic hydroxyl groups excluding tert-OH is 3. The summed E-state index contributed by atoms with van der Waals surface area (Å²) in [6, 6.07) is 0. The highest BCUT2D eigenvalue weighted by molar-refractivity contribution is 5.65. The van der Waals surface area contributed by atoms with Gasteiger partial charge in [0.05, 0.1) is 31.5 Å². The highest BCUT2D eigenvalue weighted by atomic mass is 16.6. The van der Waals surface area contributed by atoms with E-state index in [1.165, 1.54) is 6.92 Å². The minimum absolute atomic E-state index is 0.0400. The van der Waals surface area contributed by atoms with Crippen molar-refractivity contribution < 1.29 is 29.6 Å². The molecule has 6 heteroatoms. The molecule has 2 bridgehead atoms. The van der Waals surface area contributed by atoms with Crippen molar-refractivity contribution in [3.8, 4) is 0 Å². The molecule has 158 valence electrons. The summed E-state index contributed by atoms with van der Waals surface area (Å²) in [6.07, 6.45) is 4.11. The van der Waals surface area contributed by atoms with Crippen LogP contribution in [0, 0.1) is 34.0 Å². The molecule has 5 fully saturated rings. The molecule has 5 aliphatic rings. The Balaban J connectivity index is 1.53. The molecule has 0 unspecified atom stereocenters. The van der Waals surface area contributed by atoms with Gasteiger partial charge in [-0.3, -0.25) is 4.79 Å². The van der Waals surface area contributed by atoms with Gasteiger partial charge in [-0.15, -0.1) is 0 Å². The van der Waals surface area contributed by atoms with Crippen molar-refractivity contribution in [3.63, 3.8) is 0 Å². The predicted molar refractivity (Wildman–Crippen MR) is 100 cm³/mol. The van der Waals surface area contributed by atoms with Crippen LogP contribution in [0.5, 0.6) is 0 Å². The van der Waals surface area contributed by atoms with Crippen LogP contribution < -0.4 is 0 Å². The maximum atomic E-state index is 11.5. The minimum Gasteiger partial charge on any atom is -0.465 e. The summed E-state index contributed by atoms with van der Waals surface area (Å²) in [5.74, 6) is 0.391. The summed E-state index contributed by atoms with van der Waals surface area (Å²) in [5, 5.41) is 32.4. The number of hydrogen-bond acceptors (Lipinski definition) is 6. The quantitative estimate of drug-likeness (QED) is 0.497. The van der Waals surface area contributed by atoms with E-state index in [9.17, 15) is 20.1 Å². The molecule has 0 radical (unpaired) electrons. The molecular formula is C22H34O6. The third kappa shape index (κ3) is 2.06. The summed E-state index contributed by atoms with van der Waals surface area (Å²) in [6.45, 7) is 6.00. The second-order valence-electron chi connectivity index (χ2n) is 10.9. The van der Waals surface area contributed by atoms with Crippen LogP contribution in [0.3, 0.4) is 0 Å². The lowest BCUT2D eigenvalue weighted by Crippen LogP contribution is -2.66. The average molecular weight is 395 g/mol. The molecule has 28 heavy (non-hydrogen) atoms. The molecule has 10 atom stereocenters. The van der Waals surface area contributed by atoms with Gasteiger partial charge in [0.1, 0.15) is 5.60 Å². The Kier molecular flexibility index (Phi) is 3.94. The van der Waals surface area contributed by atoms with Crippen molar-refractivity contribution in [1.29, 1.82) is 0 Å². The number of rotatable bonds is 3. The van der Waals surface area contributed by atoms with E-state index >= 15 is 0 Å². The van der Waals surface area contributed by atoms with Crippen LogP contribution in [0.25, 0.3) is 0 Å². The van der Waals surface area contributed by atoms with E-state index in [1.807, 2.05) is 6.92 Å². The molecule has 1 heterocycles. The number of carbonyl (C=O) groups is 1. The standard InChI is InChI=1S/C22H34O6/c1-12(24)27-11-20(3)15-8-17(26)21-9-13(22(10-23)18(21)28-22)4-5-14(21)19(15,2)7-6-16(20)25/h13-18,23,25-26H,4-11H2,1-3H3/t13-,14+,15+,16-,17+,18-,19+,20-,21-,22+/m0/s1. The number of fused-ring (bicyclic) bond motifs is 5. The lowest BCUT2D eigenvalue weighted by Gasteiger charge is -2.66. The zero-order chi connectivity index (χ0) is 20.1. The third-order valence-corrected chi connectivity index (χ3v) is 9.97. The lowest BCUT2D eigenvalue weighted by molar-refractivity contribution is -0.242. The van der Waals surface area contributed by atoms with Crippen molar-refractivity contribution >= 4 is 5.97 Å². The molecule has 1 saturated heterocycles. The van der Waals surface area contributed by atoms with Gasteiger partial charge in [-0.2, -0.15) is 0 Å². The topological polar surface area (TPSA) is 99.5 Å². The molecule has 6 nitrogen and oxygen atoms in total. The fraction of sp³-hybridized carbons (Fsp3) is 0.955. The van der Waals surface area contributed by atoms with E-state index in [4.69, 9.17) is 9.47 Å². The molecule has 1 spiro atoms. The van der Waals surface area contributed by atoms with Crippen molar-refractivity contribution in [1.82, 2.24) is 0 Å². The molecule has 4 aliphatic carbocycles. The van der Waals surface area contributed by atoms with Crippen molar-refractivity contribution in [2.24, 2.45) is 34.0 Å². The largest absolute Gasteiger partial charge is 0.465 e. The van der Waals surface area contributed by atoms with E-state index < -0.39 is 23.2 Å². The van der Waals surface area contributed by atoms with Crippen LogP contribution >= 0.6 is 0 Å². The van der Waals surface area contributed by atoms with Gasteiger partial charge in [-0.25, -0.2) is 0 Å². The maximum Gasteiger partial charge on any atom is 0.302 e. The highest BCUT2D eigenvalue weighted by Crippen LogP contribution is 2.77. The van der Waals surface area contributed by atoms with Crippen LogP contribution in [0.1, 0.15) is 59.3 Å². The summed E-state index contributed by atoms with van der Waals surface area (Å²) in [5.41, 5.74) is -1.30. The number of aliphatic hydroxyl groups is 3. The first-order valence-corrected chi connectivity index (χ1v) is 10.9. The summed E-state index contributed by atoms with van der Waals surface area (Å²) in [7, 11) is 0. The summed E-state index contributed by atoms with van der Waals surface area (Å²) < 4.78 is 11.5. The number of carbonyl (C=O) groups excluding carboxylic acids is 1. The van der Waals surface area contributed by atoms with Crippen LogP contribution in [0.4, 0.5) is 0 Å². The molecule has 0 aromatic heterocycles. The predicted octanol–water partition coefficient (Wildman–Crippen LogP) is 1.64. The van der Waals surface area contributed by atoms with Crippen molar-refractivity contribution in [2.75, 3.05) is 13.2 Å². The van der Waals surface area contributed by atoms with Crippen LogP contribution in [-0.4, -0.2) is 58.4 Å². The minimum atomic E-state index is -0.560. The van der Waals surface area contributed by atoms with Gasteiger partial charge in [0, 0.05) is 17.8 Å². The van der Waals surface area contributed by atoms with E-state index in [-0.39, 0.29) is 42.0 Å². The van der Waals surface area contributed by atoms with Crippen LogP contribution in [0.15, 0.2) is 0 Å². The second kappa shape index (κ2) is 5.71. The highest BCUT2D eigenvalue weighted by Gasteiger charge is 2.82. The molecule has 0 aromatic rings. The van der Waals surface area contributed by atoms with E-state index in [0.717, 1.165) is 25.7 Å². The van der Waals surface area contributed by atoms with E-state index in [2.05, 4.69) is 6.92 Å². The monoisotopic (exact) mass is 394 g/mol. The first-order valence-electron chi connectivity index (χ1n) is 10.9. The van der Waals surface area contributed by atoms with Crippen molar-refractivity contribution in [3.05, 3.63) is 0 Å². The number of ether oxygens (including phenoxy) is 2. The van der Waals surface area contributed by atoms with Gasteiger partial charge in [-0.05, 0) is 61.7 Å². The molecule has 1 aliphatic heterocycles. The Morgan fingerprint density at radius 2 is 1.89 bits per heavy atom. The fourth-order valence-electron chi connectivity index (χ4n) is 8.60.